The molecule has 0 atom stereocenters. The Morgan fingerprint density at radius 1 is 0.708 bits per heavy atom. The summed E-state index contributed by atoms with van der Waals surface area (Å²) in [7, 11) is 0. The van der Waals surface area contributed by atoms with Gasteiger partial charge in [-0.15, -0.1) is 0 Å². The van der Waals surface area contributed by atoms with Gasteiger partial charge in [0.05, 0.1) is 5.56 Å². The molecular formula is C19H15NO4. The van der Waals surface area contributed by atoms with Gasteiger partial charge in [0, 0.05) is 5.69 Å². The Bertz CT molecular complexity index is 874. The standard InChI is InChI=1S/C19H15NO4/c21-16-11-10-15(17(22)18(16)23)19(24)20-14-8-6-13(7-9-14)12-4-2-1-3-5-12/h1-11,21-23H,(H,20,24). The lowest BCUT2D eigenvalue weighted by molar-refractivity contribution is 0.102. The molecule has 5 heteroatoms. The van der Waals surface area contributed by atoms with Crippen LogP contribution in [0.15, 0.2) is 66.7 Å². The minimum absolute atomic E-state index is 0.127. The summed E-state index contributed by atoms with van der Waals surface area (Å²) < 4.78 is 0. The van der Waals surface area contributed by atoms with E-state index < -0.39 is 23.2 Å². The van der Waals surface area contributed by atoms with Crippen LogP contribution in [0.5, 0.6) is 17.2 Å². The fourth-order valence-electron chi connectivity index (χ4n) is 2.33. The number of hydrogen-bond acceptors (Lipinski definition) is 4. The topological polar surface area (TPSA) is 89.8 Å². The number of benzene rings is 3. The number of carbonyl (C=O) groups is 1. The highest BCUT2D eigenvalue weighted by atomic mass is 16.3. The zero-order valence-corrected chi connectivity index (χ0v) is 12.6. The number of aromatic hydroxyl groups is 3. The van der Waals surface area contributed by atoms with Gasteiger partial charge in [0.25, 0.3) is 5.91 Å². The van der Waals surface area contributed by atoms with Gasteiger partial charge in [-0.3, -0.25) is 4.79 Å². The molecule has 0 bridgehead atoms. The third-order valence-electron chi connectivity index (χ3n) is 3.62. The van der Waals surface area contributed by atoms with Crippen LogP contribution in [0.25, 0.3) is 11.1 Å². The summed E-state index contributed by atoms with van der Waals surface area (Å²) in [6.45, 7) is 0. The molecule has 0 unspecified atom stereocenters. The van der Waals surface area contributed by atoms with E-state index in [1.807, 2.05) is 42.5 Å². The predicted molar refractivity (Wildman–Crippen MR) is 91.3 cm³/mol. The molecule has 24 heavy (non-hydrogen) atoms. The monoisotopic (exact) mass is 321 g/mol. The van der Waals surface area contributed by atoms with Gasteiger partial charge >= 0.3 is 0 Å². The molecule has 3 aromatic carbocycles. The molecule has 0 fully saturated rings. The van der Waals surface area contributed by atoms with Crippen LogP contribution in [0.4, 0.5) is 5.69 Å². The van der Waals surface area contributed by atoms with E-state index in [1.165, 1.54) is 6.07 Å². The van der Waals surface area contributed by atoms with Gasteiger partial charge in [0.2, 0.25) is 5.75 Å². The Morgan fingerprint density at radius 2 is 1.33 bits per heavy atom. The molecule has 0 saturated carbocycles. The summed E-state index contributed by atoms with van der Waals surface area (Å²) in [4.78, 5) is 12.2. The zero-order valence-electron chi connectivity index (χ0n) is 12.6. The molecule has 1 amide bonds. The normalized spacial score (nSPS) is 10.3. The summed E-state index contributed by atoms with van der Waals surface area (Å²) in [5, 5.41) is 31.2. The molecule has 0 aliphatic heterocycles. The number of rotatable bonds is 3. The van der Waals surface area contributed by atoms with Gasteiger partial charge in [-0.1, -0.05) is 42.5 Å². The molecular weight excluding hydrogens is 306 g/mol. The van der Waals surface area contributed by atoms with E-state index in [2.05, 4.69) is 5.32 Å². The maximum atomic E-state index is 12.2. The molecule has 0 aliphatic rings. The van der Waals surface area contributed by atoms with Crippen LogP contribution in [-0.4, -0.2) is 21.2 Å². The average molecular weight is 321 g/mol. The predicted octanol–water partition coefficient (Wildman–Crippen LogP) is 3.72. The minimum atomic E-state index is -0.720. The van der Waals surface area contributed by atoms with E-state index in [0.29, 0.717) is 5.69 Å². The Kier molecular flexibility index (Phi) is 4.07. The number of anilines is 1. The van der Waals surface area contributed by atoms with Gasteiger partial charge in [-0.05, 0) is 35.4 Å². The van der Waals surface area contributed by atoms with Gasteiger partial charge in [-0.25, -0.2) is 0 Å². The summed E-state index contributed by atoms with van der Waals surface area (Å²) >= 11 is 0. The Labute approximate surface area is 138 Å². The lowest BCUT2D eigenvalue weighted by Crippen LogP contribution is -2.12. The fraction of sp³-hybridized carbons (Fsp3) is 0. The van der Waals surface area contributed by atoms with Crippen molar-refractivity contribution in [3.05, 3.63) is 72.3 Å². The first kappa shape index (κ1) is 15.4. The van der Waals surface area contributed by atoms with Crippen LogP contribution in [0.3, 0.4) is 0 Å². The largest absolute Gasteiger partial charge is 0.504 e. The third-order valence-corrected chi connectivity index (χ3v) is 3.62. The molecule has 5 nitrogen and oxygen atoms in total. The summed E-state index contributed by atoms with van der Waals surface area (Å²) in [5.74, 6) is -2.46. The molecule has 0 spiro atoms. The quantitative estimate of drug-likeness (QED) is 0.553. The van der Waals surface area contributed by atoms with Crippen LogP contribution in [0.1, 0.15) is 10.4 Å². The molecule has 0 heterocycles. The van der Waals surface area contributed by atoms with Crippen molar-refractivity contribution < 1.29 is 20.1 Å². The lowest BCUT2D eigenvalue weighted by Gasteiger charge is -2.09. The zero-order chi connectivity index (χ0) is 17.1. The van der Waals surface area contributed by atoms with Crippen LogP contribution in [0, 0.1) is 0 Å². The van der Waals surface area contributed by atoms with E-state index in [1.54, 1.807) is 12.1 Å². The number of hydrogen-bond donors (Lipinski definition) is 4. The van der Waals surface area contributed by atoms with Crippen molar-refractivity contribution >= 4 is 11.6 Å². The number of carbonyl (C=O) groups excluding carboxylic acids is 1. The third kappa shape index (κ3) is 3.01. The smallest absolute Gasteiger partial charge is 0.259 e. The van der Waals surface area contributed by atoms with E-state index in [9.17, 15) is 20.1 Å². The second kappa shape index (κ2) is 6.34. The number of amides is 1. The van der Waals surface area contributed by atoms with Crippen molar-refractivity contribution in [1.29, 1.82) is 0 Å². The highest BCUT2D eigenvalue weighted by Crippen LogP contribution is 2.37. The van der Waals surface area contributed by atoms with Gasteiger partial charge in [-0.2, -0.15) is 0 Å². The van der Waals surface area contributed by atoms with Gasteiger partial charge < -0.3 is 20.6 Å². The molecule has 120 valence electrons. The molecule has 3 rings (SSSR count). The van der Waals surface area contributed by atoms with Crippen molar-refractivity contribution in [3.63, 3.8) is 0 Å². The number of phenolic OH excluding ortho intramolecular Hbond substituents is 3. The highest BCUT2D eigenvalue weighted by molar-refractivity contribution is 6.06. The van der Waals surface area contributed by atoms with Crippen LogP contribution in [-0.2, 0) is 0 Å². The first-order chi connectivity index (χ1) is 11.6. The number of nitrogens with one attached hydrogen (secondary N) is 1. The summed E-state index contributed by atoms with van der Waals surface area (Å²) in [6.07, 6.45) is 0. The summed E-state index contributed by atoms with van der Waals surface area (Å²) in [5.41, 5.74) is 2.50. The van der Waals surface area contributed by atoms with Crippen LogP contribution >= 0.6 is 0 Å². The van der Waals surface area contributed by atoms with Crippen molar-refractivity contribution in [2.45, 2.75) is 0 Å². The Balaban J connectivity index is 1.79. The Morgan fingerprint density at radius 3 is 2.00 bits per heavy atom. The van der Waals surface area contributed by atoms with Crippen molar-refractivity contribution in [1.82, 2.24) is 0 Å². The highest BCUT2D eigenvalue weighted by Gasteiger charge is 2.17. The second-order valence-electron chi connectivity index (χ2n) is 5.23. The molecule has 0 aromatic heterocycles. The fourth-order valence-corrected chi connectivity index (χ4v) is 2.33. The van der Waals surface area contributed by atoms with Crippen LogP contribution in [0.2, 0.25) is 0 Å². The van der Waals surface area contributed by atoms with E-state index in [0.717, 1.165) is 17.2 Å². The molecule has 4 N–H and O–H groups in total. The van der Waals surface area contributed by atoms with Gasteiger partial charge in [0.15, 0.2) is 11.5 Å². The first-order valence-electron chi connectivity index (χ1n) is 7.27. The summed E-state index contributed by atoms with van der Waals surface area (Å²) in [6, 6.07) is 19.4. The number of phenols is 3. The minimum Gasteiger partial charge on any atom is -0.504 e. The SMILES string of the molecule is O=C(Nc1ccc(-c2ccccc2)cc1)c1ccc(O)c(O)c1O. The van der Waals surface area contributed by atoms with Crippen molar-refractivity contribution in [2.75, 3.05) is 5.32 Å². The molecule has 0 aliphatic carbocycles. The lowest BCUT2D eigenvalue weighted by atomic mass is 10.1. The van der Waals surface area contributed by atoms with Crippen LogP contribution < -0.4 is 5.32 Å². The maximum absolute atomic E-state index is 12.2. The second-order valence-corrected chi connectivity index (χ2v) is 5.23. The average Bonchev–Trinajstić information content (AvgIpc) is 2.61. The molecule has 0 saturated heterocycles. The maximum Gasteiger partial charge on any atom is 0.259 e. The van der Waals surface area contributed by atoms with E-state index in [4.69, 9.17) is 0 Å². The van der Waals surface area contributed by atoms with Crippen molar-refractivity contribution in [2.24, 2.45) is 0 Å². The Hall–Kier alpha value is -3.47. The van der Waals surface area contributed by atoms with Crippen molar-refractivity contribution in [3.8, 4) is 28.4 Å². The van der Waals surface area contributed by atoms with E-state index in [-0.39, 0.29) is 5.56 Å². The first-order valence-corrected chi connectivity index (χ1v) is 7.27. The molecule has 3 aromatic rings. The van der Waals surface area contributed by atoms with Gasteiger partial charge in [0.1, 0.15) is 0 Å². The van der Waals surface area contributed by atoms with E-state index >= 15 is 0 Å². The molecule has 0 radical (unpaired) electrons.